The fourth-order valence-electron chi connectivity index (χ4n) is 2.73. The van der Waals surface area contributed by atoms with Crippen molar-refractivity contribution in [3.05, 3.63) is 30.1 Å². The number of carbonyl (C=O) groups is 1. The van der Waals surface area contributed by atoms with Crippen molar-refractivity contribution in [2.24, 2.45) is 0 Å². The number of hydrogen-bond acceptors (Lipinski definition) is 1. The van der Waals surface area contributed by atoms with E-state index in [1.54, 1.807) is 18.2 Å². The van der Waals surface area contributed by atoms with Gasteiger partial charge in [0.1, 0.15) is 5.82 Å². The van der Waals surface area contributed by atoms with Crippen LogP contribution in [0.2, 0.25) is 0 Å². The van der Waals surface area contributed by atoms with Crippen molar-refractivity contribution in [1.29, 1.82) is 0 Å². The fraction of sp³-hybridized carbons (Fsp3) is 0.650. The van der Waals surface area contributed by atoms with Gasteiger partial charge in [-0.25, -0.2) is 4.39 Å². The minimum Gasteiger partial charge on any atom is -0.324 e. The van der Waals surface area contributed by atoms with Crippen LogP contribution in [0.3, 0.4) is 0 Å². The molecular formula is C20H32FNO. The molecule has 0 spiro atoms. The third-order valence-electron chi connectivity index (χ3n) is 4.16. The summed E-state index contributed by atoms with van der Waals surface area (Å²) in [6.07, 6.45) is 14.4. The summed E-state index contributed by atoms with van der Waals surface area (Å²) in [6.45, 7) is 2.25. The largest absolute Gasteiger partial charge is 0.324 e. The molecule has 0 heterocycles. The molecule has 0 saturated heterocycles. The van der Waals surface area contributed by atoms with Crippen molar-refractivity contribution in [1.82, 2.24) is 0 Å². The summed E-state index contributed by atoms with van der Waals surface area (Å²) < 4.78 is 13.4. The Morgan fingerprint density at radius 2 is 1.39 bits per heavy atom. The van der Waals surface area contributed by atoms with Crippen LogP contribution >= 0.6 is 0 Å². The molecule has 0 radical (unpaired) electrons. The summed E-state index contributed by atoms with van der Waals surface area (Å²) in [5.41, 5.74) is 0.278. The monoisotopic (exact) mass is 321 g/mol. The molecule has 0 aliphatic rings. The molecule has 130 valence electrons. The van der Waals surface area contributed by atoms with Gasteiger partial charge in [-0.3, -0.25) is 4.79 Å². The molecule has 23 heavy (non-hydrogen) atoms. The molecule has 0 aromatic heterocycles. The summed E-state index contributed by atoms with van der Waals surface area (Å²) >= 11 is 0. The zero-order valence-electron chi connectivity index (χ0n) is 14.6. The Morgan fingerprint density at radius 1 is 0.870 bits per heavy atom. The molecule has 0 unspecified atom stereocenters. The molecule has 1 N–H and O–H groups in total. The lowest BCUT2D eigenvalue weighted by Gasteiger charge is -2.06. The van der Waals surface area contributed by atoms with E-state index in [-0.39, 0.29) is 17.4 Å². The highest BCUT2D eigenvalue weighted by molar-refractivity contribution is 5.90. The van der Waals surface area contributed by atoms with E-state index in [0.717, 1.165) is 12.8 Å². The fourth-order valence-corrected chi connectivity index (χ4v) is 2.73. The lowest BCUT2D eigenvalue weighted by molar-refractivity contribution is -0.116. The predicted molar refractivity (Wildman–Crippen MR) is 96.1 cm³/mol. The standard InChI is InChI=1S/C20H32FNO/c1-2-3-4-5-6-7-8-9-10-11-12-17-20(23)22-19-16-14-13-15-18(19)21/h13-16H,2-12,17H2,1H3,(H,22,23). The second-order valence-electron chi connectivity index (χ2n) is 6.31. The highest BCUT2D eigenvalue weighted by Gasteiger charge is 2.05. The van der Waals surface area contributed by atoms with Crippen LogP contribution in [0.1, 0.15) is 84.0 Å². The number of unbranched alkanes of at least 4 members (excludes halogenated alkanes) is 10. The molecular weight excluding hydrogens is 289 g/mol. The second-order valence-corrected chi connectivity index (χ2v) is 6.31. The molecule has 0 aliphatic carbocycles. The van der Waals surface area contributed by atoms with Crippen molar-refractivity contribution in [3.8, 4) is 0 Å². The summed E-state index contributed by atoms with van der Waals surface area (Å²) in [7, 11) is 0. The smallest absolute Gasteiger partial charge is 0.224 e. The first-order chi connectivity index (χ1) is 11.2. The Labute approximate surface area is 140 Å². The molecule has 1 rings (SSSR count). The first-order valence-corrected chi connectivity index (χ1v) is 9.28. The van der Waals surface area contributed by atoms with Crippen molar-refractivity contribution >= 4 is 11.6 Å². The number of nitrogens with one attached hydrogen (secondary N) is 1. The van der Waals surface area contributed by atoms with E-state index >= 15 is 0 Å². The van der Waals surface area contributed by atoms with Gasteiger partial charge in [-0.15, -0.1) is 0 Å². The van der Waals surface area contributed by atoms with Crippen LogP contribution in [0.4, 0.5) is 10.1 Å². The van der Waals surface area contributed by atoms with Gasteiger partial charge in [0.2, 0.25) is 5.91 Å². The van der Waals surface area contributed by atoms with Crippen molar-refractivity contribution in [2.45, 2.75) is 84.0 Å². The van der Waals surface area contributed by atoms with Crippen LogP contribution in [-0.4, -0.2) is 5.91 Å². The van der Waals surface area contributed by atoms with E-state index in [2.05, 4.69) is 12.2 Å². The molecule has 0 atom stereocenters. The molecule has 0 aliphatic heterocycles. The number of amides is 1. The predicted octanol–water partition coefficient (Wildman–Crippen LogP) is 6.47. The molecule has 0 bridgehead atoms. The van der Waals surface area contributed by atoms with E-state index in [1.807, 2.05) is 0 Å². The van der Waals surface area contributed by atoms with E-state index in [4.69, 9.17) is 0 Å². The minimum absolute atomic E-state index is 0.0916. The maximum absolute atomic E-state index is 13.4. The summed E-state index contributed by atoms with van der Waals surface area (Å²) in [5, 5.41) is 2.63. The van der Waals surface area contributed by atoms with Crippen LogP contribution in [0.5, 0.6) is 0 Å². The maximum atomic E-state index is 13.4. The van der Waals surface area contributed by atoms with Gasteiger partial charge in [0, 0.05) is 6.42 Å². The number of para-hydroxylation sites is 1. The molecule has 2 nitrogen and oxygen atoms in total. The van der Waals surface area contributed by atoms with Gasteiger partial charge >= 0.3 is 0 Å². The molecule has 0 saturated carbocycles. The van der Waals surface area contributed by atoms with Gasteiger partial charge < -0.3 is 5.32 Å². The summed E-state index contributed by atoms with van der Waals surface area (Å²) in [6, 6.07) is 6.29. The second kappa shape index (κ2) is 13.1. The number of halogens is 1. The highest BCUT2D eigenvalue weighted by atomic mass is 19.1. The highest BCUT2D eigenvalue weighted by Crippen LogP contribution is 2.14. The van der Waals surface area contributed by atoms with Crippen LogP contribution in [0.15, 0.2) is 24.3 Å². The first kappa shape index (κ1) is 19.7. The molecule has 1 aromatic rings. The van der Waals surface area contributed by atoms with Gasteiger partial charge in [0.15, 0.2) is 0 Å². The zero-order chi connectivity index (χ0) is 16.8. The number of anilines is 1. The average molecular weight is 321 g/mol. The lowest BCUT2D eigenvalue weighted by Crippen LogP contribution is -2.12. The number of carbonyl (C=O) groups excluding carboxylic acids is 1. The Morgan fingerprint density at radius 3 is 1.96 bits per heavy atom. The van der Waals surface area contributed by atoms with E-state index in [0.29, 0.717) is 6.42 Å². The van der Waals surface area contributed by atoms with Crippen LogP contribution in [0, 0.1) is 5.82 Å². The van der Waals surface area contributed by atoms with Crippen molar-refractivity contribution < 1.29 is 9.18 Å². The number of hydrogen-bond donors (Lipinski definition) is 1. The van der Waals surface area contributed by atoms with Gasteiger partial charge in [-0.2, -0.15) is 0 Å². The zero-order valence-corrected chi connectivity index (χ0v) is 14.6. The maximum Gasteiger partial charge on any atom is 0.224 e. The molecule has 3 heteroatoms. The lowest BCUT2D eigenvalue weighted by atomic mass is 10.1. The van der Waals surface area contributed by atoms with Gasteiger partial charge in [-0.1, -0.05) is 83.3 Å². The summed E-state index contributed by atoms with van der Waals surface area (Å²) in [5.74, 6) is -0.467. The van der Waals surface area contributed by atoms with Gasteiger partial charge in [0.05, 0.1) is 5.69 Å². The quantitative estimate of drug-likeness (QED) is 0.415. The molecule has 1 aromatic carbocycles. The normalized spacial score (nSPS) is 10.7. The van der Waals surface area contributed by atoms with Crippen molar-refractivity contribution in [2.75, 3.05) is 5.32 Å². The van der Waals surface area contributed by atoms with Crippen LogP contribution < -0.4 is 5.32 Å². The van der Waals surface area contributed by atoms with Crippen LogP contribution in [-0.2, 0) is 4.79 Å². The first-order valence-electron chi connectivity index (χ1n) is 9.28. The SMILES string of the molecule is CCCCCCCCCCCCCC(=O)Nc1ccccc1F. The third kappa shape index (κ3) is 10.1. The van der Waals surface area contributed by atoms with Gasteiger partial charge in [0.25, 0.3) is 0 Å². The van der Waals surface area contributed by atoms with E-state index in [1.165, 1.54) is 63.9 Å². The minimum atomic E-state index is -0.375. The van der Waals surface area contributed by atoms with E-state index < -0.39 is 0 Å². The Balaban J connectivity index is 1.93. The van der Waals surface area contributed by atoms with Crippen molar-refractivity contribution in [3.63, 3.8) is 0 Å². The molecule has 1 amide bonds. The Kier molecular flexibility index (Phi) is 11.2. The topological polar surface area (TPSA) is 29.1 Å². The molecule has 0 fully saturated rings. The third-order valence-corrected chi connectivity index (χ3v) is 4.16. The van der Waals surface area contributed by atoms with E-state index in [9.17, 15) is 9.18 Å². The summed E-state index contributed by atoms with van der Waals surface area (Å²) in [4.78, 5) is 11.7. The average Bonchev–Trinajstić information content (AvgIpc) is 2.55. The number of benzene rings is 1. The van der Waals surface area contributed by atoms with Crippen LogP contribution in [0.25, 0.3) is 0 Å². The number of rotatable bonds is 13. The Hall–Kier alpha value is -1.38. The van der Waals surface area contributed by atoms with Gasteiger partial charge in [-0.05, 0) is 18.6 Å². The Bertz CT molecular complexity index is 433.